The van der Waals surface area contributed by atoms with E-state index in [1.54, 1.807) is 33.4 Å². The lowest BCUT2D eigenvalue weighted by atomic mass is 9.89. The third kappa shape index (κ3) is 4.90. The zero-order chi connectivity index (χ0) is 32.2. The van der Waals surface area contributed by atoms with E-state index in [1.807, 2.05) is 65.8 Å². The van der Waals surface area contributed by atoms with Crippen molar-refractivity contribution in [3.05, 3.63) is 144 Å². The Morgan fingerprint density at radius 2 is 1.07 bits per heavy atom. The Morgan fingerprint density at radius 3 is 1.47 bits per heavy atom. The van der Waals surface area contributed by atoms with Gasteiger partial charge in [-0.05, 0) is 81.2 Å². The van der Waals surface area contributed by atoms with Crippen LogP contribution in [0.5, 0.6) is 0 Å². The second kappa shape index (κ2) is 11.1. The lowest BCUT2D eigenvalue weighted by Crippen LogP contribution is -2.27. The van der Waals surface area contributed by atoms with Gasteiger partial charge in [0.1, 0.15) is 11.4 Å². The number of carbonyl (C=O) groups is 2. The fraction of sp³-hybridized carbons (Fsp3) is 0.171. The number of benzene rings is 4. The molecule has 0 saturated carbocycles. The van der Waals surface area contributed by atoms with Crippen LogP contribution >= 0.6 is 0 Å². The maximum atomic E-state index is 14.4. The molecule has 1 aliphatic carbocycles. The second-order valence-electron chi connectivity index (χ2n) is 11.4. The van der Waals surface area contributed by atoms with Gasteiger partial charge in [0.15, 0.2) is 0 Å². The number of hydrogen-bond acceptors (Lipinski definition) is 6. The third-order valence-corrected chi connectivity index (χ3v) is 7.99. The summed E-state index contributed by atoms with van der Waals surface area (Å²) in [5.74, 6) is -0.603. The predicted octanol–water partition coefficient (Wildman–Crippen LogP) is 7.40. The smallest absolute Gasteiger partial charge is 0.269 e. The fourth-order valence-electron chi connectivity index (χ4n) is 6.38. The van der Waals surface area contributed by atoms with Crippen molar-refractivity contribution < 1.29 is 14.5 Å². The zero-order valence-corrected chi connectivity index (χ0v) is 25.7. The summed E-state index contributed by atoms with van der Waals surface area (Å²) in [6.07, 6.45) is 0. The molecule has 4 aromatic carbocycles. The number of carbonyl (C=O) groups excluding carboxylic acids is 2. The molecular weight excluding hydrogens is 568 g/mol. The van der Waals surface area contributed by atoms with E-state index in [9.17, 15) is 19.7 Å². The molecule has 1 heterocycles. The lowest BCUT2D eigenvalue weighted by molar-refractivity contribution is -0.384. The molecule has 0 radical (unpaired) electrons. The summed E-state index contributed by atoms with van der Waals surface area (Å²) >= 11 is 0. The van der Waals surface area contributed by atoms with Gasteiger partial charge in [0.2, 0.25) is 17.2 Å². The van der Waals surface area contributed by atoms with Gasteiger partial charge in [0.05, 0.1) is 22.0 Å². The second-order valence-corrected chi connectivity index (χ2v) is 11.4. The predicted molar refractivity (Wildman–Crippen MR) is 170 cm³/mol. The highest BCUT2D eigenvalue weighted by Gasteiger charge is 2.38. The number of aromatic nitrogens is 2. The molecule has 0 atom stereocenters. The molecule has 0 N–H and O–H groups in total. The van der Waals surface area contributed by atoms with Crippen molar-refractivity contribution in [1.82, 2.24) is 9.13 Å². The zero-order valence-electron chi connectivity index (χ0n) is 25.7. The molecule has 45 heavy (non-hydrogen) atoms. The van der Waals surface area contributed by atoms with Crippen molar-refractivity contribution >= 4 is 22.9 Å². The molecule has 0 bridgehead atoms. The molecule has 1 aliphatic rings. The van der Waals surface area contributed by atoms with Crippen molar-refractivity contribution in [2.75, 3.05) is 0 Å². The first-order chi connectivity index (χ1) is 21.5. The van der Waals surface area contributed by atoms with Crippen molar-refractivity contribution in [1.29, 1.82) is 0 Å². The van der Waals surface area contributed by atoms with E-state index in [-0.39, 0.29) is 34.3 Å². The van der Waals surface area contributed by atoms with Gasteiger partial charge in [-0.1, -0.05) is 64.8 Å². The number of fused-ring (bicyclic) bond motifs is 2. The molecule has 6 rings (SSSR count). The molecule has 0 spiro atoms. The number of hydrogen-bond donors (Lipinski definition) is 0. The molecule has 0 unspecified atom stereocenters. The third-order valence-electron chi connectivity index (χ3n) is 7.99. The summed E-state index contributed by atoms with van der Waals surface area (Å²) in [7, 11) is 0. The molecule has 0 amide bonds. The Morgan fingerprint density at radius 1 is 0.644 bits per heavy atom. The Hall–Kier alpha value is -5.77. The Balaban J connectivity index is 1.76. The highest BCUT2D eigenvalue weighted by atomic mass is 16.6. The number of nitro groups is 1. The highest BCUT2D eigenvalue weighted by Crippen LogP contribution is 2.34. The monoisotopic (exact) mass is 598 g/mol. The minimum Gasteiger partial charge on any atom is -0.287 e. The SMILES string of the molecule is Cc1cc(C)c(-n2c3c(n(-c4c(C)cc(C)cc4C)c2=NN=Nc2ccc([N+](=O)[O-])cc2)C(=O)c2ccccc2C3=O)c(C)c1. The molecule has 10 heteroatoms. The van der Waals surface area contributed by atoms with Crippen LogP contribution in [0.1, 0.15) is 65.5 Å². The van der Waals surface area contributed by atoms with Gasteiger partial charge in [-0.2, -0.15) is 0 Å². The van der Waals surface area contributed by atoms with Gasteiger partial charge in [0, 0.05) is 23.3 Å². The standard InChI is InChI=1S/C35H30N6O4/c1-19-15-21(3)29(22(4)16-19)39-31-32(34(43)28-10-8-7-9-27(28)33(31)42)40(30-23(5)17-20(2)18-24(30)6)35(39)37-38-36-25-11-13-26(14-12-25)41(44)45/h7-18H,1-6H3. The van der Waals surface area contributed by atoms with Gasteiger partial charge in [-0.15, -0.1) is 5.11 Å². The Labute approximate surface area is 259 Å². The average Bonchev–Trinajstić information content (AvgIpc) is 3.29. The minimum absolute atomic E-state index is 0.0717. The fourth-order valence-corrected chi connectivity index (χ4v) is 6.38. The molecule has 0 saturated heterocycles. The summed E-state index contributed by atoms with van der Waals surface area (Å²) in [6.45, 7) is 11.8. The maximum Gasteiger partial charge on any atom is 0.269 e. The van der Waals surface area contributed by atoms with Gasteiger partial charge in [-0.25, -0.2) is 0 Å². The average molecular weight is 599 g/mol. The van der Waals surface area contributed by atoms with Crippen molar-refractivity contribution in [3.8, 4) is 11.4 Å². The van der Waals surface area contributed by atoms with Crippen LogP contribution in [0.15, 0.2) is 88.2 Å². The number of aryl methyl sites for hydroxylation is 6. The summed E-state index contributed by atoms with van der Waals surface area (Å²) in [5, 5.41) is 24.1. The maximum absolute atomic E-state index is 14.4. The summed E-state index contributed by atoms with van der Waals surface area (Å²) in [6, 6.07) is 20.5. The lowest BCUT2D eigenvalue weighted by Gasteiger charge is -2.19. The van der Waals surface area contributed by atoms with Crippen molar-refractivity contribution in [2.45, 2.75) is 41.5 Å². The minimum atomic E-state index is -0.490. The Kier molecular flexibility index (Phi) is 7.20. The van der Waals surface area contributed by atoms with Crippen molar-refractivity contribution in [3.63, 3.8) is 0 Å². The van der Waals surface area contributed by atoms with Gasteiger partial charge >= 0.3 is 0 Å². The summed E-state index contributed by atoms with van der Waals surface area (Å²) < 4.78 is 3.45. The van der Waals surface area contributed by atoms with E-state index in [0.717, 1.165) is 33.4 Å². The molecule has 5 aromatic rings. The molecular formula is C35H30N6O4. The van der Waals surface area contributed by atoms with Crippen LogP contribution in [0.3, 0.4) is 0 Å². The van der Waals surface area contributed by atoms with Crippen LogP contribution in [0, 0.1) is 51.7 Å². The van der Waals surface area contributed by atoms with Crippen molar-refractivity contribution in [2.24, 2.45) is 15.4 Å². The van der Waals surface area contributed by atoms with Crippen LogP contribution in [0.25, 0.3) is 11.4 Å². The highest BCUT2D eigenvalue weighted by molar-refractivity contribution is 6.27. The van der Waals surface area contributed by atoms with Gasteiger partial charge in [-0.3, -0.25) is 28.8 Å². The van der Waals surface area contributed by atoms with E-state index in [2.05, 4.69) is 15.4 Å². The Bertz CT molecular complexity index is 2020. The number of imidazole rings is 1. The quantitative estimate of drug-likeness (QED) is 0.116. The molecule has 0 fully saturated rings. The van der Waals surface area contributed by atoms with Gasteiger partial charge < -0.3 is 0 Å². The van der Waals surface area contributed by atoms with Crippen LogP contribution in [-0.4, -0.2) is 25.6 Å². The van der Waals surface area contributed by atoms with Gasteiger partial charge in [0.25, 0.3) is 5.69 Å². The van der Waals surface area contributed by atoms with Crippen LogP contribution in [-0.2, 0) is 0 Å². The number of non-ortho nitro benzene ring substituents is 1. The largest absolute Gasteiger partial charge is 0.287 e. The van der Waals surface area contributed by atoms with E-state index >= 15 is 0 Å². The number of ketones is 2. The molecule has 10 nitrogen and oxygen atoms in total. The summed E-state index contributed by atoms with van der Waals surface area (Å²) in [4.78, 5) is 39.4. The van der Waals surface area contributed by atoms with Crippen LogP contribution < -0.4 is 5.62 Å². The topological polar surface area (TPSA) is 124 Å². The van der Waals surface area contributed by atoms with Crippen LogP contribution in [0.2, 0.25) is 0 Å². The molecule has 0 aliphatic heterocycles. The summed E-state index contributed by atoms with van der Waals surface area (Å²) in [5.41, 5.74) is 8.59. The normalized spacial score (nSPS) is 12.4. The molecule has 1 aromatic heterocycles. The van der Waals surface area contributed by atoms with E-state index in [4.69, 9.17) is 0 Å². The first-order valence-electron chi connectivity index (χ1n) is 14.4. The van der Waals surface area contributed by atoms with E-state index in [1.165, 1.54) is 24.3 Å². The molecule has 224 valence electrons. The number of rotatable bonds is 5. The first-order valence-corrected chi connectivity index (χ1v) is 14.4. The van der Waals surface area contributed by atoms with E-state index < -0.39 is 4.92 Å². The van der Waals surface area contributed by atoms with Crippen LogP contribution in [0.4, 0.5) is 11.4 Å². The first kappa shape index (κ1) is 29.3. The number of nitrogens with zero attached hydrogens (tertiary/aromatic N) is 6. The van der Waals surface area contributed by atoms with E-state index in [0.29, 0.717) is 28.2 Å². The number of nitro benzene ring substituents is 1.